The Morgan fingerprint density at radius 3 is 2.67 bits per heavy atom. The zero-order valence-corrected chi connectivity index (χ0v) is 15.8. The topological polar surface area (TPSA) is 106 Å². The van der Waals surface area contributed by atoms with Gasteiger partial charge in [-0.05, 0) is 39.8 Å². The van der Waals surface area contributed by atoms with Crippen molar-refractivity contribution in [1.29, 1.82) is 0 Å². The molecule has 0 bridgehead atoms. The fraction of sp³-hybridized carbons (Fsp3) is 0.316. The van der Waals surface area contributed by atoms with Crippen LogP contribution in [0.5, 0.6) is 0 Å². The van der Waals surface area contributed by atoms with Crippen LogP contribution in [-0.2, 0) is 6.54 Å². The number of nitrogens with one attached hydrogen (secondary N) is 2. The van der Waals surface area contributed by atoms with Crippen LogP contribution in [0.3, 0.4) is 0 Å². The summed E-state index contributed by atoms with van der Waals surface area (Å²) < 4.78 is 1.89. The lowest BCUT2D eigenvalue weighted by Crippen LogP contribution is -2.32. The standard InChI is InChI=1S/C19H22N6O2/c1-5-25-13(4)16(12(3)24-25)11(2)22-18(26)14-10-21-17(23-19(14)27)15-8-6-7-9-20-15/h6-11H,5H2,1-4H3,(H,22,26)(H,21,23,27)/t11-/m0/s1. The van der Waals surface area contributed by atoms with Crippen molar-refractivity contribution in [1.82, 2.24) is 30.0 Å². The minimum Gasteiger partial charge on any atom is -0.345 e. The smallest absolute Gasteiger partial charge is 0.264 e. The molecule has 3 aromatic heterocycles. The highest BCUT2D eigenvalue weighted by Crippen LogP contribution is 2.21. The summed E-state index contributed by atoms with van der Waals surface area (Å²) in [4.78, 5) is 35.9. The number of amides is 1. The van der Waals surface area contributed by atoms with Gasteiger partial charge in [-0.2, -0.15) is 5.10 Å². The van der Waals surface area contributed by atoms with E-state index < -0.39 is 11.5 Å². The normalized spacial score (nSPS) is 12.0. The number of hydrogen-bond acceptors (Lipinski definition) is 5. The fourth-order valence-corrected chi connectivity index (χ4v) is 3.18. The molecule has 0 aliphatic carbocycles. The zero-order chi connectivity index (χ0) is 19.6. The molecule has 0 saturated heterocycles. The lowest BCUT2D eigenvalue weighted by Gasteiger charge is -2.15. The molecular formula is C19H22N6O2. The van der Waals surface area contributed by atoms with Gasteiger partial charge in [-0.25, -0.2) is 4.98 Å². The molecule has 0 fully saturated rings. The molecule has 0 aliphatic heterocycles. The highest BCUT2D eigenvalue weighted by Gasteiger charge is 2.21. The van der Waals surface area contributed by atoms with E-state index in [0.717, 1.165) is 23.5 Å². The molecule has 0 saturated carbocycles. The van der Waals surface area contributed by atoms with E-state index in [9.17, 15) is 9.59 Å². The van der Waals surface area contributed by atoms with E-state index in [1.807, 2.05) is 32.4 Å². The lowest BCUT2D eigenvalue weighted by atomic mass is 10.1. The number of aryl methyl sites for hydroxylation is 2. The van der Waals surface area contributed by atoms with Crippen molar-refractivity contribution in [3.63, 3.8) is 0 Å². The van der Waals surface area contributed by atoms with Gasteiger partial charge in [-0.1, -0.05) is 6.07 Å². The van der Waals surface area contributed by atoms with E-state index in [4.69, 9.17) is 0 Å². The Labute approximate surface area is 156 Å². The average Bonchev–Trinajstić information content (AvgIpc) is 2.95. The van der Waals surface area contributed by atoms with Crippen molar-refractivity contribution in [2.75, 3.05) is 0 Å². The van der Waals surface area contributed by atoms with Crippen LogP contribution >= 0.6 is 0 Å². The highest BCUT2D eigenvalue weighted by atomic mass is 16.2. The van der Waals surface area contributed by atoms with Crippen LogP contribution in [0.25, 0.3) is 11.5 Å². The van der Waals surface area contributed by atoms with Gasteiger partial charge in [0, 0.05) is 30.2 Å². The summed E-state index contributed by atoms with van der Waals surface area (Å²) in [7, 11) is 0. The van der Waals surface area contributed by atoms with Crippen LogP contribution < -0.4 is 10.9 Å². The molecule has 0 aliphatic rings. The largest absolute Gasteiger partial charge is 0.345 e. The second-order valence-corrected chi connectivity index (χ2v) is 6.28. The molecule has 1 amide bonds. The highest BCUT2D eigenvalue weighted by molar-refractivity contribution is 5.93. The predicted molar refractivity (Wildman–Crippen MR) is 101 cm³/mol. The van der Waals surface area contributed by atoms with Crippen LogP contribution in [0.1, 0.15) is 47.2 Å². The molecule has 0 spiro atoms. The first kappa shape index (κ1) is 18.5. The Bertz CT molecular complexity index is 1020. The molecule has 3 rings (SSSR count). The first-order valence-corrected chi connectivity index (χ1v) is 8.77. The number of rotatable bonds is 5. The Balaban J connectivity index is 1.82. The first-order chi connectivity index (χ1) is 12.9. The molecule has 0 aromatic carbocycles. The molecule has 27 heavy (non-hydrogen) atoms. The maximum Gasteiger partial charge on any atom is 0.264 e. The predicted octanol–water partition coefficient (Wildman–Crippen LogP) is 2.16. The van der Waals surface area contributed by atoms with Crippen molar-refractivity contribution < 1.29 is 4.79 Å². The quantitative estimate of drug-likeness (QED) is 0.720. The first-order valence-electron chi connectivity index (χ1n) is 8.77. The molecule has 8 nitrogen and oxygen atoms in total. The van der Waals surface area contributed by atoms with Gasteiger partial charge in [0.05, 0.1) is 11.7 Å². The van der Waals surface area contributed by atoms with Crippen molar-refractivity contribution in [3.8, 4) is 11.5 Å². The van der Waals surface area contributed by atoms with E-state index in [2.05, 4.69) is 25.4 Å². The Kier molecular flexibility index (Phi) is 5.16. The molecule has 2 N–H and O–H groups in total. The van der Waals surface area contributed by atoms with Gasteiger partial charge >= 0.3 is 0 Å². The minimum atomic E-state index is -0.506. The summed E-state index contributed by atoms with van der Waals surface area (Å²) >= 11 is 0. The number of carbonyl (C=O) groups excluding carboxylic acids is 1. The van der Waals surface area contributed by atoms with Gasteiger partial charge in [-0.15, -0.1) is 0 Å². The third-order valence-electron chi connectivity index (χ3n) is 4.47. The maximum absolute atomic E-state index is 12.6. The SMILES string of the molecule is CCn1nc(C)c([C@H](C)NC(=O)c2cnc(-c3ccccn3)[nH]c2=O)c1C. The summed E-state index contributed by atoms with van der Waals surface area (Å²) in [5.74, 6) is -0.159. The molecule has 140 valence electrons. The van der Waals surface area contributed by atoms with Gasteiger partial charge in [0.25, 0.3) is 11.5 Å². The molecule has 0 unspecified atom stereocenters. The number of pyridine rings is 1. The van der Waals surface area contributed by atoms with Gasteiger partial charge in [-0.3, -0.25) is 19.3 Å². The summed E-state index contributed by atoms with van der Waals surface area (Å²) in [6, 6.07) is 5.02. The van der Waals surface area contributed by atoms with Gasteiger partial charge in [0.1, 0.15) is 11.3 Å². The van der Waals surface area contributed by atoms with Gasteiger partial charge < -0.3 is 10.3 Å². The number of aromatic nitrogens is 5. The summed E-state index contributed by atoms with van der Waals surface area (Å²) in [6.07, 6.45) is 2.89. The summed E-state index contributed by atoms with van der Waals surface area (Å²) in [6.45, 7) is 8.52. The molecule has 1 atom stereocenters. The number of hydrogen-bond donors (Lipinski definition) is 2. The monoisotopic (exact) mass is 366 g/mol. The number of nitrogens with zero attached hydrogens (tertiary/aromatic N) is 4. The molecule has 3 heterocycles. The van der Waals surface area contributed by atoms with E-state index in [1.54, 1.807) is 24.4 Å². The second-order valence-electron chi connectivity index (χ2n) is 6.28. The number of H-pyrrole nitrogens is 1. The Morgan fingerprint density at radius 1 is 1.30 bits per heavy atom. The fourth-order valence-electron chi connectivity index (χ4n) is 3.18. The molecular weight excluding hydrogens is 344 g/mol. The third-order valence-corrected chi connectivity index (χ3v) is 4.47. The van der Waals surface area contributed by atoms with Gasteiger partial charge in [0.15, 0.2) is 5.82 Å². The number of aromatic amines is 1. The molecule has 0 radical (unpaired) electrons. The van der Waals surface area contributed by atoms with Crippen LogP contribution in [0.15, 0.2) is 35.4 Å². The summed E-state index contributed by atoms with van der Waals surface area (Å²) in [5.41, 5.74) is 2.81. The van der Waals surface area contributed by atoms with E-state index in [0.29, 0.717) is 11.5 Å². The minimum absolute atomic E-state index is 0.0419. The van der Waals surface area contributed by atoms with E-state index in [1.165, 1.54) is 6.20 Å². The average molecular weight is 366 g/mol. The second kappa shape index (κ2) is 7.53. The lowest BCUT2D eigenvalue weighted by molar-refractivity contribution is 0.0938. The van der Waals surface area contributed by atoms with Crippen LogP contribution in [0, 0.1) is 13.8 Å². The van der Waals surface area contributed by atoms with Crippen LogP contribution in [-0.4, -0.2) is 30.6 Å². The van der Waals surface area contributed by atoms with Crippen LogP contribution in [0.2, 0.25) is 0 Å². The third kappa shape index (κ3) is 3.64. The summed E-state index contributed by atoms with van der Waals surface area (Å²) in [5, 5.41) is 7.33. The Hall–Kier alpha value is -3.29. The zero-order valence-electron chi connectivity index (χ0n) is 15.8. The van der Waals surface area contributed by atoms with Crippen molar-refractivity contribution in [2.45, 2.75) is 40.3 Å². The van der Waals surface area contributed by atoms with Crippen molar-refractivity contribution in [2.24, 2.45) is 0 Å². The molecule has 3 aromatic rings. The number of carbonyl (C=O) groups is 1. The van der Waals surface area contributed by atoms with Crippen LogP contribution in [0.4, 0.5) is 0 Å². The van der Waals surface area contributed by atoms with Crippen molar-refractivity contribution in [3.05, 3.63) is 63.5 Å². The maximum atomic E-state index is 12.6. The molecule has 8 heteroatoms. The van der Waals surface area contributed by atoms with E-state index >= 15 is 0 Å². The van der Waals surface area contributed by atoms with E-state index in [-0.39, 0.29) is 11.6 Å². The van der Waals surface area contributed by atoms with Crippen molar-refractivity contribution >= 4 is 5.91 Å². The Morgan fingerprint density at radius 2 is 2.07 bits per heavy atom. The van der Waals surface area contributed by atoms with Gasteiger partial charge in [0.2, 0.25) is 0 Å².